The fourth-order valence-electron chi connectivity index (χ4n) is 3.07. The Hall–Kier alpha value is -1.92. The molecular formula is C17H16ClNO4S. The van der Waals surface area contributed by atoms with Crippen LogP contribution in [-0.2, 0) is 22.9 Å². The van der Waals surface area contributed by atoms with E-state index in [9.17, 15) is 8.42 Å². The van der Waals surface area contributed by atoms with Crippen molar-refractivity contribution in [3.05, 3.63) is 46.0 Å². The van der Waals surface area contributed by atoms with Crippen molar-refractivity contribution >= 4 is 27.3 Å². The predicted molar refractivity (Wildman–Crippen MR) is 91.8 cm³/mol. The average Bonchev–Trinajstić information content (AvgIpc) is 3.18. The van der Waals surface area contributed by atoms with E-state index in [-0.39, 0.29) is 4.90 Å². The van der Waals surface area contributed by atoms with E-state index in [0.717, 1.165) is 23.3 Å². The molecule has 0 spiro atoms. The van der Waals surface area contributed by atoms with Crippen molar-refractivity contribution in [3.63, 3.8) is 0 Å². The third-order valence-electron chi connectivity index (χ3n) is 4.33. The van der Waals surface area contributed by atoms with Crippen LogP contribution in [0.2, 0.25) is 5.02 Å². The van der Waals surface area contributed by atoms with E-state index in [1.807, 2.05) is 6.07 Å². The molecule has 24 heavy (non-hydrogen) atoms. The van der Waals surface area contributed by atoms with Gasteiger partial charge < -0.3 is 9.47 Å². The highest BCUT2D eigenvalue weighted by atomic mass is 35.5. The number of aryl methyl sites for hydroxylation is 1. The first-order chi connectivity index (χ1) is 11.5. The molecule has 2 aromatic carbocycles. The number of rotatable bonds is 3. The van der Waals surface area contributed by atoms with Crippen LogP contribution in [0, 0.1) is 6.92 Å². The van der Waals surface area contributed by atoms with E-state index >= 15 is 0 Å². The molecule has 2 aliphatic heterocycles. The molecule has 5 nitrogen and oxygen atoms in total. The number of halogens is 1. The minimum atomic E-state index is -3.74. The summed E-state index contributed by atoms with van der Waals surface area (Å²) in [5.41, 5.74) is 3.04. The molecule has 2 aromatic rings. The van der Waals surface area contributed by atoms with Crippen LogP contribution in [-0.4, -0.2) is 21.6 Å². The summed E-state index contributed by atoms with van der Waals surface area (Å²) < 4.78 is 39.6. The number of fused-ring (bicyclic) bond motifs is 2. The Labute approximate surface area is 145 Å². The fourth-order valence-corrected chi connectivity index (χ4v) is 4.37. The Morgan fingerprint density at radius 1 is 1.12 bits per heavy atom. The highest BCUT2D eigenvalue weighted by Crippen LogP contribution is 2.45. The summed E-state index contributed by atoms with van der Waals surface area (Å²) in [5, 5.41) is 0.534. The van der Waals surface area contributed by atoms with Gasteiger partial charge in [0.15, 0.2) is 0 Å². The molecule has 0 saturated heterocycles. The quantitative estimate of drug-likeness (QED) is 0.906. The topological polar surface area (TPSA) is 64.6 Å². The molecule has 7 heteroatoms. The van der Waals surface area contributed by atoms with Crippen molar-refractivity contribution in [3.8, 4) is 11.5 Å². The first kappa shape index (κ1) is 15.6. The van der Waals surface area contributed by atoms with Gasteiger partial charge >= 0.3 is 0 Å². The lowest BCUT2D eigenvalue weighted by Crippen LogP contribution is -2.15. The van der Waals surface area contributed by atoms with E-state index in [1.54, 1.807) is 19.1 Å². The molecule has 0 aliphatic carbocycles. The van der Waals surface area contributed by atoms with Gasteiger partial charge in [0.1, 0.15) is 11.5 Å². The fraction of sp³-hybridized carbons (Fsp3) is 0.294. The highest BCUT2D eigenvalue weighted by Gasteiger charge is 2.29. The summed E-state index contributed by atoms with van der Waals surface area (Å²) in [7, 11) is -3.74. The van der Waals surface area contributed by atoms with Gasteiger partial charge in [0.2, 0.25) is 0 Å². The number of ether oxygens (including phenoxy) is 2. The van der Waals surface area contributed by atoms with Crippen molar-refractivity contribution in [1.82, 2.24) is 0 Å². The van der Waals surface area contributed by atoms with Gasteiger partial charge in [-0.2, -0.15) is 0 Å². The normalized spacial score (nSPS) is 15.4. The third kappa shape index (κ3) is 2.50. The minimum Gasteiger partial charge on any atom is -0.493 e. The first-order valence-electron chi connectivity index (χ1n) is 7.69. The Bertz CT molecular complexity index is 908. The predicted octanol–water partition coefficient (Wildman–Crippen LogP) is 3.32. The lowest BCUT2D eigenvalue weighted by Gasteiger charge is -2.15. The number of benzene rings is 2. The van der Waals surface area contributed by atoms with E-state index < -0.39 is 10.0 Å². The van der Waals surface area contributed by atoms with Crippen molar-refractivity contribution < 1.29 is 17.9 Å². The number of hydrogen-bond acceptors (Lipinski definition) is 4. The Kier molecular flexibility index (Phi) is 3.62. The van der Waals surface area contributed by atoms with Crippen LogP contribution >= 0.6 is 11.6 Å². The van der Waals surface area contributed by atoms with Gasteiger partial charge in [0, 0.05) is 29.0 Å². The van der Waals surface area contributed by atoms with E-state index in [4.69, 9.17) is 21.1 Å². The van der Waals surface area contributed by atoms with Gasteiger partial charge in [-0.3, -0.25) is 4.72 Å². The maximum absolute atomic E-state index is 12.8. The Balaban J connectivity index is 1.79. The van der Waals surface area contributed by atoms with E-state index in [0.29, 0.717) is 41.7 Å². The molecule has 126 valence electrons. The molecule has 0 atom stereocenters. The van der Waals surface area contributed by atoms with Gasteiger partial charge in [0.25, 0.3) is 10.0 Å². The molecule has 0 unspecified atom stereocenters. The van der Waals surface area contributed by atoms with Crippen molar-refractivity contribution in [1.29, 1.82) is 0 Å². The number of sulfonamides is 1. The molecule has 4 rings (SSSR count). The zero-order valence-electron chi connectivity index (χ0n) is 13.1. The molecule has 0 radical (unpaired) electrons. The van der Waals surface area contributed by atoms with Crippen molar-refractivity contribution in [2.75, 3.05) is 17.9 Å². The van der Waals surface area contributed by atoms with Crippen LogP contribution in [0.1, 0.15) is 16.7 Å². The molecule has 0 amide bonds. The van der Waals surface area contributed by atoms with Crippen LogP contribution in [0.5, 0.6) is 11.5 Å². The molecular weight excluding hydrogens is 350 g/mol. The van der Waals surface area contributed by atoms with Gasteiger partial charge in [0.05, 0.1) is 23.8 Å². The van der Waals surface area contributed by atoms with Gasteiger partial charge in [-0.15, -0.1) is 0 Å². The summed E-state index contributed by atoms with van der Waals surface area (Å²) >= 11 is 5.99. The monoisotopic (exact) mass is 365 g/mol. The van der Waals surface area contributed by atoms with E-state index in [1.165, 1.54) is 6.07 Å². The number of hydrogen-bond donors (Lipinski definition) is 1. The maximum Gasteiger partial charge on any atom is 0.262 e. The molecule has 0 fully saturated rings. The third-order valence-corrected chi connectivity index (χ3v) is 6.10. The summed E-state index contributed by atoms with van der Waals surface area (Å²) in [6, 6.07) is 6.60. The van der Waals surface area contributed by atoms with Gasteiger partial charge in [-0.1, -0.05) is 11.6 Å². The van der Waals surface area contributed by atoms with Gasteiger partial charge in [-0.05, 0) is 36.8 Å². The Morgan fingerprint density at radius 2 is 1.92 bits per heavy atom. The summed E-state index contributed by atoms with van der Waals surface area (Å²) in [4.78, 5) is 0.174. The van der Waals surface area contributed by atoms with Crippen molar-refractivity contribution in [2.45, 2.75) is 24.7 Å². The summed E-state index contributed by atoms with van der Waals surface area (Å²) in [5.74, 6) is 1.36. The van der Waals surface area contributed by atoms with Crippen LogP contribution in [0.4, 0.5) is 5.69 Å². The average molecular weight is 366 g/mol. The zero-order valence-corrected chi connectivity index (χ0v) is 14.6. The lowest BCUT2D eigenvalue weighted by atomic mass is 10.0. The summed E-state index contributed by atoms with van der Waals surface area (Å²) in [6.07, 6.45) is 1.41. The van der Waals surface area contributed by atoms with Crippen molar-refractivity contribution in [2.24, 2.45) is 0 Å². The van der Waals surface area contributed by atoms with Crippen LogP contribution in [0.3, 0.4) is 0 Å². The maximum atomic E-state index is 12.8. The van der Waals surface area contributed by atoms with Crippen LogP contribution in [0.15, 0.2) is 29.2 Å². The molecule has 0 bridgehead atoms. The zero-order chi connectivity index (χ0) is 16.9. The second kappa shape index (κ2) is 5.57. The lowest BCUT2D eigenvalue weighted by molar-refractivity contribution is 0.356. The van der Waals surface area contributed by atoms with E-state index in [2.05, 4.69) is 4.72 Å². The SMILES string of the molecule is Cc1cc(S(=O)(=O)Nc2c3c(cc4c2OCC4)OCC3)ccc1Cl. The standard InChI is InChI=1S/C17H16ClNO4S/c1-10-8-12(2-3-14(10)18)24(20,21)19-16-13-5-7-22-15(13)9-11-4-6-23-17(11)16/h2-3,8-9,19H,4-7H2,1H3. The largest absolute Gasteiger partial charge is 0.493 e. The second-order valence-electron chi connectivity index (χ2n) is 5.93. The molecule has 0 aromatic heterocycles. The van der Waals surface area contributed by atoms with Gasteiger partial charge in [-0.25, -0.2) is 8.42 Å². The number of anilines is 1. The van der Waals surface area contributed by atoms with Crippen LogP contribution in [0.25, 0.3) is 0 Å². The Morgan fingerprint density at radius 3 is 2.71 bits per heavy atom. The smallest absolute Gasteiger partial charge is 0.262 e. The minimum absolute atomic E-state index is 0.174. The van der Waals surface area contributed by atoms with Crippen LogP contribution < -0.4 is 14.2 Å². The molecule has 2 heterocycles. The summed E-state index contributed by atoms with van der Waals surface area (Å²) in [6.45, 7) is 2.87. The molecule has 1 N–H and O–H groups in total. The highest BCUT2D eigenvalue weighted by molar-refractivity contribution is 7.92. The molecule has 0 saturated carbocycles. The number of nitrogens with one attached hydrogen (secondary N) is 1. The second-order valence-corrected chi connectivity index (χ2v) is 8.02. The first-order valence-corrected chi connectivity index (χ1v) is 9.55. The molecule has 2 aliphatic rings.